The molecule has 5 aromatic heterocycles. The maximum absolute atomic E-state index is 6.75. The van der Waals surface area contributed by atoms with Crippen LogP contribution < -0.4 is 10.6 Å². The molecular formula is C53H34N4O3. The van der Waals surface area contributed by atoms with Crippen LogP contribution in [0.3, 0.4) is 0 Å². The minimum absolute atomic E-state index is 0.491. The molecule has 0 saturated heterocycles. The molecule has 0 bridgehead atoms. The van der Waals surface area contributed by atoms with E-state index in [2.05, 4.69) is 108 Å². The predicted molar refractivity (Wildman–Crippen MR) is 243 cm³/mol. The quantitative estimate of drug-likeness (QED) is 0.173. The highest BCUT2D eigenvalue weighted by Gasteiger charge is 2.21. The van der Waals surface area contributed by atoms with Crippen molar-refractivity contribution in [3.63, 3.8) is 0 Å². The summed E-state index contributed by atoms with van der Waals surface area (Å²) < 4.78 is 22.0. The fourth-order valence-electron chi connectivity index (χ4n) is 8.87. The minimum Gasteiger partial charge on any atom is -0.456 e. The second-order valence-corrected chi connectivity index (χ2v) is 15.0. The maximum atomic E-state index is 6.75. The van der Waals surface area contributed by atoms with Crippen LogP contribution in [0.25, 0.3) is 117 Å². The van der Waals surface area contributed by atoms with E-state index in [0.29, 0.717) is 22.9 Å². The van der Waals surface area contributed by atoms with Crippen molar-refractivity contribution in [2.24, 2.45) is 0 Å². The van der Waals surface area contributed by atoms with Gasteiger partial charge in [0.1, 0.15) is 27.7 Å². The third-order valence-electron chi connectivity index (χ3n) is 11.6. The first-order valence-corrected chi connectivity index (χ1v) is 20.1. The zero-order chi connectivity index (χ0) is 39.9. The molecule has 12 rings (SSSR count). The molecule has 0 aliphatic rings. The minimum atomic E-state index is 0.491. The van der Waals surface area contributed by atoms with Crippen molar-refractivity contribution >= 4 is 88.3 Å². The molecule has 0 N–H and O–H groups in total. The Morgan fingerprint density at radius 2 is 1.08 bits per heavy atom. The summed E-state index contributed by atoms with van der Waals surface area (Å²) in [6.45, 7) is 4.01. The van der Waals surface area contributed by atoms with Gasteiger partial charge in [0.2, 0.25) is 0 Å². The fourth-order valence-corrected chi connectivity index (χ4v) is 8.87. The summed E-state index contributed by atoms with van der Waals surface area (Å²) in [7, 11) is 0. The van der Waals surface area contributed by atoms with Gasteiger partial charge in [0, 0.05) is 54.0 Å². The lowest BCUT2D eigenvalue weighted by Gasteiger charge is -2.09. The van der Waals surface area contributed by atoms with Gasteiger partial charge in [-0.15, -0.1) is 0 Å². The first-order valence-electron chi connectivity index (χ1n) is 20.1. The molecular weight excluding hydrogens is 741 g/mol. The molecule has 7 heteroatoms. The first-order chi connectivity index (χ1) is 29.6. The van der Waals surface area contributed by atoms with Gasteiger partial charge in [-0.25, -0.2) is 15.0 Å². The van der Waals surface area contributed by atoms with Gasteiger partial charge in [0.15, 0.2) is 23.1 Å². The van der Waals surface area contributed by atoms with Crippen molar-refractivity contribution in [2.45, 2.75) is 13.8 Å². The van der Waals surface area contributed by atoms with E-state index in [9.17, 15) is 0 Å². The molecule has 7 nitrogen and oxygen atoms in total. The van der Waals surface area contributed by atoms with Crippen LogP contribution >= 0.6 is 0 Å². The Kier molecular flexibility index (Phi) is 7.53. The van der Waals surface area contributed by atoms with Crippen LogP contribution in [0.1, 0.15) is 19.7 Å². The zero-order valence-corrected chi connectivity index (χ0v) is 32.7. The number of hydrogen-bond acceptors (Lipinski definition) is 6. The second-order valence-electron chi connectivity index (χ2n) is 15.0. The Balaban J connectivity index is 1.09. The maximum Gasteiger partial charge on any atom is 0.167 e. The molecule has 5 heterocycles. The van der Waals surface area contributed by atoms with Gasteiger partial charge >= 0.3 is 0 Å². The number of allylic oxidation sites excluding steroid dienone is 2. The number of furan rings is 3. The Hall–Kier alpha value is -8.03. The number of aromatic nitrogens is 4. The molecule has 0 radical (unpaired) electrons. The average molecular weight is 775 g/mol. The van der Waals surface area contributed by atoms with Crippen LogP contribution in [0.2, 0.25) is 0 Å². The summed E-state index contributed by atoms with van der Waals surface area (Å²) in [5, 5.41) is 8.48. The second kappa shape index (κ2) is 13.3. The Morgan fingerprint density at radius 3 is 1.82 bits per heavy atom. The van der Waals surface area contributed by atoms with Gasteiger partial charge < -0.3 is 17.8 Å². The lowest BCUT2D eigenvalue weighted by Crippen LogP contribution is -2.24. The number of benzene rings is 7. The molecule has 0 atom stereocenters. The number of rotatable bonds is 5. The lowest BCUT2D eigenvalue weighted by atomic mass is 10.1. The summed E-state index contributed by atoms with van der Waals surface area (Å²) in [6, 6.07) is 51.9. The van der Waals surface area contributed by atoms with Gasteiger partial charge in [-0.2, -0.15) is 0 Å². The summed E-state index contributed by atoms with van der Waals surface area (Å²) in [5.74, 6) is 1.53. The standard InChI is InChI=1S/C53H34N4O3/c1-3-14-40(49-33(4-2)36-17-7-12-24-46(36)59-49)53-55-51(54-52(56-53)32-25-27-38-37-18-8-11-23-45(37)58-48(38)30-32)31-26-28-47-41(29-31)39-19-13-22-44(50(39)60-47)57-42-20-9-5-15-34(42)35-16-6-10-21-43(35)57/h3-30H,1-2H3/b14-3-,33-4-,49-40-. The van der Waals surface area contributed by atoms with Gasteiger partial charge in [-0.3, -0.25) is 0 Å². The molecule has 0 aliphatic carbocycles. The molecule has 0 fully saturated rings. The van der Waals surface area contributed by atoms with Gasteiger partial charge in [-0.05, 0) is 74.5 Å². The highest BCUT2D eigenvalue weighted by Crippen LogP contribution is 2.39. The first kappa shape index (κ1) is 34.0. The van der Waals surface area contributed by atoms with Crippen molar-refractivity contribution < 1.29 is 13.3 Å². The van der Waals surface area contributed by atoms with E-state index < -0.39 is 0 Å². The lowest BCUT2D eigenvalue weighted by molar-refractivity contribution is 0.572. The van der Waals surface area contributed by atoms with Crippen LogP contribution in [0, 0.1) is 0 Å². The van der Waals surface area contributed by atoms with E-state index in [1.165, 1.54) is 10.8 Å². The van der Waals surface area contributed by atoms with E-state index in [0.717, 1.165) is 93.5 Å². The number of fused-ring (bicyclic) bond motifs is 10. The largest absolute Gasteiger partial charge is 0.456 e. The molecule has 0 amide bonds. The topological polar surface area (TPSA) is 83.0 Å². The van der Waals surface area contributed by atoms with Crippen molar-refractivity contribution in [3.05, 3.63) is 180 Å². The zero-order valence-electron chi connectivity index (χ0n) is 32.7. The van der Waals surface area contributed by atoms with E-state index in [-0.39, 0.29) is 0 Å². The molecule has 7 aromatic carbocycles. The smallest absolute Gasteiger partial charge is 0.167 e. The van der Waals surface area contributed by atoms with Crippen molar-refractivity contribution in [3.8, 4) is 28.5 Å². The predicted octanol–water partition coefficient (Wildman–Crippen LogP) is 12.4. The summed E-state index contributed by atoms with van der Waals surface area (Å²) in [5.41, 5.74) is 10.3. The molecule has 0 aliphatic heterocycles. The van der Waals surface area contributed by atoms with Crippen LogP contribution in [-0.2, 0) is 0 Å². The normalized spacial score (nSPS) is 13.1. The summed E-state index contributed by atoms with van der Waals surface area (Å²) in [4.78, 5) is 15.6. The number of hydrogen-bond donors (Lipinski definition) is 0. The molecule has 60 heavy (non-hydrogen) atoms. The van der Waals surface area contributed by atoms with Gasteiger partial charge in [0.25, 0.3) is 0 Å². The average Bonchev–Trinajstić information content (AvgIpc) is 4.06. The third-order valence-corrected chi connectivity index (χ3v) is 11.6. The SMILES string of the molecule is C\C=C/C(c1nc(-c2ccc3c(c2)oc2ccccc23)nc(-c2ccc3oc4c(-n5c6ccccc6c6ccccc65)cccc4c3c2)n1)=c1/oc2ccccc2/c1=C/C. The van der Waals surface area contributed by atoms with E-state index >= 15 is 0 Å². The highest BCUT2D eigenvalue weighted by molar-refractivity contribution is 6.13. The molecule has 0 spiro atoms. The molecule has 0 unspecified atom stereocenters. The Morgan fingerprint density at radius 1 is 0.483 bits per heavy atom. The number of para-hydroxylation sites is 5. The molecule has 284 valence electrons. The van der Waals surface area contributed by atoms with E-state index in [4.69, 9.17) is 28.2 Å². The van der Waals surface area contributed by atoms with Crippen LogP contribution in [0.15, 0.2) is 177 Å². The monoisotopic (exact) mass is 774 g/mol. The van der Waals surface area contributed by atoms with Crippen LogP contribution in [0.5, 0.6) is 0 Å². The van der Waals surface area contributed by atoms with Crippen molar-refractivity contribution in [1.29, 1.82) is 0 Å². The van der Waals surface area contributed by atoms with Crippen LogP contribution in [0.4, 0.5) is 0 Å². The van der Waals surface area contributed by atoms with E-state index in [1.807, 2.05) is 80.6 Å². The van der Waals surface area contributed by atoms with Gasteiger partial charge in [0.05, 0.1) is 22.3 Å². The highest BCUT2D eigenvalue weighted by atomic mass is 16.3. The summed E-state index contributed by atoms with van der Waals surface area (Å²) in [6.07, 6.45) is 6.08. The fraction of sp³-hybridized carbons (Fsp3) is 0.0377. The molecule has 0 saturated carbocycles. The number of nitrogens with zero attached hydrogens (tertiary/aromatic N) is 4. The molecule has 12 aromatic rings. The summed E-state index contributed by atoms with van der Waals surface area (Å²) >= 11 is 0. The Bertz CT molecular complexity index is 3830. The van der Waals surface area contributed by atoms with Gasteiger partial charge in [-0.1, -0.05) is 109 Å². The van der Waals surface area contributed by atoms with Crippen LogP contribution in [-0.4, -0.2) is 19.5 Å². The van der Waals surface area contributed by atoms with E-state index in [1.54, 1.807) is 0 Å². The Labute approximate surface area is 342 Å². The third kappa shape index (κ3) is 5.12. The van der Waals surface area contributed by atoms with Crippen molar-refractivity contribution in [2.75, 3.05) is 0 Å². The van der Waals surface area contributed by atoms with Crippen molar-refractivity contribution in [1.82, 2.24) is 19.5 Å².